The Labute approximate surface area is 126 Å². The van der Waals surface area contributed by atoms with Crippen LogP contribution in [0, 0.1) is 5.92 Å². The van der Waals surface area contributed by atoms with Crippen molar-refractivity contribution >= 4 is 0 Å². The van der Waals surface area contributed by atoms with Gasteiger partial charge in [0.05, 0.1) is 5.54 Å². The monoisotopic (exact) mass is 287 g/mol. The molecule has 21 heavy (non-hydrogen) atoms. The summed E-state index contributed by atoms with van der Waals surface area (Å²) >= 11 is 0. The molecule has 4 rings (SSSR count). The van der Waals surface area contributed by atoms with Gasteiger partial charge in [-0.15, -0.1) is 0 Å². The first-order valence-corrected chi connectivity index (χ1v) is 8.45. The molecule has 3 nitrogen and oxygen atoms in total. The van der Waals surface area contributed by atoms with Crippen LogP contribution < -0.4 is 0 Å². The van der Waals surface area contributed by atoms with Crippen LogP contribution in [0.15, 0.2) is 30.3 Å². The maximum Gasteiger partial charge on any atom is 0.106 e. The predicted octanol–water partition coefficient (Wildman–Crippen LogP) is 3.45. The Kier molecular flexibility index (Phi) is 3.52. The lowest BCUT2D eigenvalue weighted by molar-refractivity contribution is -0.252. The highest BCUT2D eigenvalue weighted by Gasteiger charge is 2.55. The largest absolute Gasteiger partial charge is 0.396 e. The van der Waals surface area contributed by atoms with Gasteiger partial charge >= 0.3 is 0 Å². The number of hydrogen-bond donors (Lipinski definition) is 1. The molecule has 114 valence electrons. The van der Waals surface area contributed by atoms with Crippen LogP contribution in [0.4, 0.5) is 0 Å². The maximum atomic E-state index is 9.80. The normalized spacial score (nSPS) is 39.8. The summed E-state index contributed by atoms with van der Waals surface area (Å²) in [6.45, 7) is 0.308. The van der Waals surface area contributed by atoms with Gasteiger partial charge in [0.2, 0.25) is 0 Å². The van der Waals surface area contributed by atoms with Crippen molar-refractivity contribution < 1.29 is 9.94 Å². The SMILES string of the molecule is OC[C@@H]1CCC[C@@]12CCC[C@@H]1C[C@@H](c3ccccc3)ON12. The lowest BCUT2D eigenvalue weighted by Gasteiger charge is -2.48. The van der Waals surface area contributed by atoms with Crippen LogP contribution in [0.5, 0.6) is 0 Å². The highest BCUT2D eigenvalue weighted by Crippen LogP contribution is 2.52. The van der Waals surface area contributed by atoms with Gasteiger partial charge in [-0.1, -0.05) is 36.8 Å². The molecule has 0 aromatic heterocycles. The van der Waals surface area contributed by atoms with Crippen LogP contribution in [0.3, 0.4) is 0 Å². The van der Waals surface area contributed by atoms with E-state index in [1.165, 1.54) is 37.7 Å². The summed E-state index contributed by atoms with van der Waals surface area (Å²) in [6, 6.07) is 11.1. The van der Waals surface area contributed by atoms with E-state index in [1.54, 1.807) is 0 Å². The smallest absolute Gasteiger partial charge is 0.106 e. The number of aliphatic hydroxyl groups excluding tert-OH is 1. The second-order valence-corrected chi connectivity index (χ2v) is 6.99. The minimum Gasteiger partial charge on any atom is -0.396 e. The zero-order chi connectivity index (χ0) is 14.3. The summed E-state index contributed by atoms with van der Waals surface area (Å²) in [7, 11) is 0. The summed E-state index contributed by atoms with van der Waals surface area (Å²) in [5.74, 6) is 0.398. The fraction of sp³-hybridized carbons (Fsp3) is 0.667. The number of hydroxylamine groups is 2. The van der Waals surface area contributed by atoms with E-state index in [-0.39, 0.29) is 11.6 Å². The van der Waals surface area contributed by atoms with Crippen LogP contribution >= 0.6 is 0 Å². The quantitative estimate of drug-likeness (QED) is 0.904. The minimum atomic E-state index is 0.112. The molecule has 1 saturated carbocycles. The number of fused-ring (bicyclic) bond motifs is 2. The minimum absolute atomic E-state index is 0.112. The molecule has 1 N–H and O–H groups in total. The topological polar surface area (TPSA) is 32.7 Å². The van der Waals surface area contributed by atoms with Gasteiger partial charge in [-0.25, -0.2) is 0 Å². The molecule has 1 spiro atoms. The van der Waals surface area contributed by atoms with Crippen molar-refractivity contribution in [1.82, 2.24) is 5.06 Å². The summed E-state index contributed by atoms with van der Waals surface area (Å²) in [4.78, 5) is 6.44. The third-order valence-corrected chi connectivity index (χ3v) is 5.96. The molecule has 0 unspecified atom stereocenters. The van der Waals surface area contributed by atoms with Crippen molar-refractivity contribution in [3.63, 3.8) is 0 Å². The highest BCUT2D eigenvalue weighted by molar-refractivity contribution is 5.19. The van der Waals surface area contributed by atoms with Gasteiger partial charge in [-0.3, -0.25) is 4.84 Å². The number of piperidine rings is 1. The second kappa shape index (κ2) is 5.38. The number of nitrogens with zero attached hydrogens (tertiary/aromatic N) is 1. The van der Waals surface area contributed by atoms with Gasteiger partial charge in [-0.05, 0) is 44.1 Å². The second-order valence-electron chi connectivity index (χ2n) is 6.99. The van der Waals surface area contributed by atoms with Crippen LogP contribution in [0.2, 0.25) is 0 Å². The van der Waals surface area contributed by atoms with Gasteiger partial charge in [-0.2, -0.15) is 5.06 Å². The van der Waals surface area contributed by atoms with Gasteiger partial charge < -0.3 is 5.11 Å². The molecule has 3 aliphatic rings. The third kappa shape index (κ3) is 2.14. The van der Waals surface area contributed by atoms with Crippen molar-refractivity contribution in [3.05, 3.63) is 35.9 Å². The molecule has 4 atom stereocenters. The number of aliphatic hydroxyl groups is 1. The van der Waals surface area contributed by atoms with Crippen LogP contribution in [-0.2, 0) is 4.84 Å². The molecule has 3 fully saturated rings. The maximum absolute atomic E-state index is 9.80. The Morgan fingerprint density at radius 1 is 1.14 bits per heavy atom. The van der Waals surface area contributed by atoms with E-state index in [1.807, 2.05) is 0 Å². The molecule has 2 heterocycles. The first kappa shape index (κ1) is 13.7. The Morgan fingerprint density at radius 3 is 2.67 bits per heavy atom. The highest BCUT2D eigenvalue weighted by atomic mass is 16.7. The average molecular weight is 287 g/mol. The summed E-state index contributed by atoms with van der Waals surface area (Å²) in [5, 5.41) is 12.1. The number of rotatable bonds is 2. The van der Waals surface area contributed by atoms with Crippen LogP contribution in [0.1, 0.15) is 56.6 Å². The standard InChI is InChI=1S/C18H25NO2/c20-13-15-8-4-10-18(15)11-5-9-16-12-17(21-19(16)18)14-6-2-1-3-7-14/h1-3,6-7,15-17,20H,4-5,8-13H2/t15-,16+,17-,18+/m0/s1. The van der Waals surface area contributed by atoms with Gasteiger partial charge in [0.15, 0.2) is 0 Å². The zero-order valence-electron chi connectivity index (χ0n) is 12.6. The van der Waals surface area contributed by atoms with E-state index in [4.69, 9.17) is 4.84 Å². The van der Waals surface area contributed by atoms with Crippen molar-refractivity contribution in [2.75, 3.05) is 6.61 Å². The fourth-order valence-corrected chi connectivity index (χ4v) is 4.94. The first-order chi connectivity index (χ1) is 10.3. The Balaban J connectivity index is 1.61. The molecule has 0 bridgehead atoms. The molecule has 0 amide bonds. The van der Waals surface area contributed by atoms with Gasteiger partial charge in [0.1, 0.15) is 6.10 Å². The molecule has 2 aliphatic heterocycles. The Morgan fingerprint density at radius 2 is 1.90 bits per heavy atom. The van der Waals surface area contributed by atoms with Crippen molar-refractivity contribution in [1.29, 1.82) is 0 Å². The molecular weight excluding hydrogens is 262 g/mol. The average Bonchev–Trinajstić information content (AvgIpc) is 3.14. The summed E-state index contributed by atoms with van der Waals surface area (Å²) in [5.41, 5.74) is 1.40. The van der Waals surface area contributed by atoms with Crippen molar-refractivity contribution in [2.45, 2.75) is 62.6 Å². The zero-order valence-corrected chi connectivity index (χ0v) is 12.6. The number of hydrogen-bond acceptors (Lipinski definition) is 3. The molecule has 2 saturated heterocycles. The lowest BCUT2D eigenvalue weighted by Crippen LogP contribution is -2.56. The molecule has 1 aromatic carbocycles. The Hall–Kier alpha value is -0.900. The van der Waals surface area contributed by atoms with Crippen LogP contribution in [0.25, 0.3) is 0 Å². The van der Waals surface area contributed by atoms with Gasteiger partial charge in [0.25, 0.3) is 0 Å². The van der Waals surface area contributed by atoms with Crippen molar-refractivity contribution in [3.8, 4) is 0 Å². The third-order valence-electron chi connectivity index (χ3n) is 5.96. The van der Waals surface area contributed by atoms with E-state index in [0.29, 0.717) is 18.6 Å². The van der Waals surface area contributed by atoms with E-state index >= 15 is 0 Å². The van der Waals surface area contributed by atoms with E-state index < -0.39 is 0 Å². The van der Waals surface area contributed by atoms with Crippen molar-refractivity contribution in [2.24, 2.45) is 5.92 Å². The Bertz CT molecular complexity index is 491. The summed E-state index contributed by atoms with van der Waals surface area (Å²) in [6.07, 6.45) is 8.58. The van der Waals surface area contributed by atoms with Gasteiger partial charge in [0, 0.05) is 18.6 Å². The van der Waals surface area contributed by atoms with E-state index in [9.17, 15) is 5.11 Å². The predicted molar refractivity (Wildman–Crippen MR) is 81.5 cm³/mol. The number of benzene rings is 1. The van der Waals surface area contributed by atoms with E-state index in [0.717, 1.165) is 12.8 Å². The lowest BCUT2D eigenvalue weighted by atomic mass is 9.77. The molecule has 0 radical (unpaired) electrons. The summed E-state index contributed by atoms with van der Waals surface area (Å²) < 4.78 is 0. The molecule has 3 heteroatoms. The molecule has 1 aromatic rings. The van der Waals surface area contributed by atoms with Crippen LogP contribution in [-0.4, -0.2) is 28.4 Å². The molecule has 1 aliphatic carbocycles. The van der Waals surface area contributed by atoms with E-state index in [2.05, 4.69) is 35.4 Å². The first-order valence-electron chi connectivity index (χ1n) is 8.45. The molecular formula is C18H25NO2. The fourth-order valence-electron chi connectivity index (χ4n) is 4.94.